The predicted molar refractivity (Wildman–Crippen MR) is 89.4 cm³/mol. The lowest BCUT2D eigenvalue weighted by molar-refractivity contribution is 0.107. The van der Waals surface area contributed by atoms with Gasteiger partial charge < -0.3 is 9.64 Å². The number of ether oxygens (including phenoxy) is 1. The summed E-state index contributed by atoms with van der Waals surface area (Å²) >= 11 is 5.58. The number of unbranched alkanes of at least 4 members (excludes halogenated alkanes) is 1. The van der Waals surface area contributed by atoms with E-state index in [1.165, 1.54) is 32.4 Å². The van der Waals surface area contributed by atoms with Gasteiger partial charge in [0.25, 0.3) is 0 Å². The van der Waals surface area contributed by atoms with Crippen molar-refractivity contribution in [3.8, 4) is 0 Å². The van der Waals surface area contributed by atoms with E-state index in [4.69, 9.17) is 4.74 Å². The van der Waals surface area contributed by atoms with Crippen molar-refractivity contribution in [2.24, 2.45) is 4.40 Å². The molecule has 0 aromatic heterocycles. The lowest BCUT2D eigenvalue weighted by Gasteiger charge is -2.26. The summed E-state index contributed by atoms with van der Waals surface area (Å²) in [7, 11) is 0. The van der Waals surface area contributed by atoms with Crippen molar-refractivity contribution < 1.29 is 4.74 Å². The molecule has 0 radical (unpaired) electrons. The Morgan fingerprint density at radius 3 is 2.79 bits per heavy atom. The van der Waals surface area contributed by atoms with Crippen LogP contribution in [0.1, 0.15) is 32.1 Å². The van der Waals surface area contributed by atoms with Gasteiger partial charge >= 0.3 is 0 Å². The number of hydrogen-bond donors (Lipinski definition) is 1. The zero-order valence-corrected chi connectivity index (χ0v) is 13.4. The van der Waals surface area contributed by atoms with Crippen LogP contribution in [0.15, 0.2) is 15.9 Å². The first-order valence-electron chi connectivity index (χ1n) is 7.16. The van der Waals surface area contributed by atoms with Crippen LogP contribution in [0.5, 0.6) is 0 Å². The fourth-order valence-electron chi connectivity index (χ4n) is 1.98. The Morgan fingerprint density at radius 1 is 1.16 bits per heavy atom. The van der Waals surface area contributed by atoms with E-state index >= 15 is 0 Å². The molecule has 0 amide bonds. The summed E-state index contributed by atoms with van der Waals surface area (Å²) in [5.74, 6) is 0.943. The zero-order valence-electron chi connectivity index (χ0n) is 11.7. The largest absolute Gasteiger partial charge is 0.379 e. The Balaban J connectivity index is 1.80. The molecule has 1 saturated heterocycles. The molecule has 1 rings (SSSR count). The maximum Gasteiger partial charge on any atom is 0.0593 e. The van der Waals surface area contributed by atoms with Crippen LogP contribution >= 0.6 is 24.6 Å². The molecule has 1 fully saturated rings. The number of rotatable bonds is 10. The number of nitrogens with zero attached hydrogens (tertiary/aromatic N) is 2. The highest BCUT2D eigenvalue weighted by Crippen LogP contribution is 2.07. The lowest BCUT2D eigenvalue weighted by Crippen LogP contribution is -2.32. The summed E-state index contributed by atoms with van der Waals surface area (Å²) in [4.78, 5) is 2.50. The summed E-state index contributed by atoms with van der Waals surface area (Å²) < 4.78 is 9.90. The van der Waals surface area contributed by atoms with Crippen LogP contribution in [-0.4, -0.2) is 49.7 Å². The molecular weight excluding hydrogens is 276 g/mol. The van der Waals surface area contributed by atoms with E-state index in [9.17, 15) is 0 Å². The Kier molecular flexibility index (Phi) is 11.7. The van der Waals surface area contributed by atoms with Crippen molar-refractivity contribution in [3.63, 3.8) is 0 Å². The first-order valence-corrected chi connectivity index (χ1v) is 8.62. The molecular formula is C14H26N2OS2. The van der Waals surface area contributed by atoms with Crippen LogP contribution in [0.4, 0.5) is 0 Å². The molecule has 3 nitrogen and oxygen atoms in total. The fraction of sp³-hybridized carbons (Fsp3) is 0.786. The van der Waals surface area contributed by atoms with Crippen molar-refractivity contribution in [2.45, 2.75) is 32.1 Å². The van der Waals surface area contributed by atoms with Crippen molar-refractivity contribution in [1.29, 1.82) is 0 Å². The molecule has 0 unspecified atom stereocenters. The summed E-state index contributed by atoms with van der Waals surface area (Å²) in [6, 6.07) is 0. The van der Waals surface area contributed by atoms with Crippen molar-refractivity contribution in [1.82, 2.24) is 4.90 Å². The van der Waals surface area contributed by atoms with Gasteiger partial charge in [0.1, 0.15) is 0 Å². The number of allylic oxidation sites excluding steroid dienone is 1. The van der Waals surface area contributed by atoms with Gasteiger partial charge in [0.05, 0.1) is 13.2 Å². The normalized spacial score (nSPS) is 17.7. The van der Waals surface area contributed by atoms with Crippen LogP contribution in [0.3, 0.4) is 0 Å². The Labute approximate surface area is 127 Å². The summed E-state index contributed by atoms with van der Waals surface area (Å²) in [6.07, 6.45) is 10.1. The molecule has 0 spiro atoms. The van der Waals surface area contributed by atoms with Crippen molar-refractivity contribution >= 4 is 30.8 Å². The first-order chi connectivity index (χ1) is 9.43. The van der Waals surface area contributed by atoms with E-state index < -0.39 is 0 Å². The molecule has 0 aromatic rings. The summed E-state index contributed by atoms with van der Waals surface area (Å²) in [5.41, 5.74) is 0. The molecule has 5 heteroatoms. The molecule has 1 aliphatic heterocycles. The van der Waals surface area contributed by atoms with E-state index in [0.29, 0.717) is 0 Å². The molecule has 1 heterocycles. The summed E-state index contributed by atoms with van der Waals surface area (Å²) in [5, 5.41) is 1.77. The van der Waals surface area contributed by atoms with Crippen LogP contribution < -0.4 is 0 Å². The first kappa shape index (κ1) is 17.1. The van der Waals surface area contributed by atoms with Crippen LogP contribution in [0, 0.1) is 0 Å². The third kappa shape index (κ3) is 10.5. The van der Waals surface area contributed by atoms with E-state index in [1.807, 2.05) is 12.3 Å². The molecule has 1 aliphatic rings. The molecule has 0 atom stereocenters. The van der Waals surface area contributed by atoms with Gasteiger partial charge in [0.15, 0.2) is 0 Å². The van der Waals surface area contributed by atoms with Gasteiger partial charge in [-0.1, -0.05) is 12.5 Å². The highest BCUT2D eigenvalue weighted by molar-refractivity contribution is 7.98. The minimum atomic E-state index is 0.798. The minimum absolute atomic E-state index is 0.798. The minimum Gasteiger partial charge on any atom is -0.379 e. The highest BCUT2D eigenvalue weighted by Gasteiger charge is 2.08. The quantitative estimate of drug-likeness (QED) is 0.290. The maximum atomic E-state index is 5.62. The second kappa shape index (κ2) is 13.0. The predicted octanol–water partition coefficient (Wildman–Crippen LogP) is 3.43. The molecule has 110 valence electrons. The average Bonchev–Trinajstić information content (AvgIpc) is 2.46. The van der Waals surface area contributed by atoms with Crippen molar-refractivity contribution in [2.75, 3.05) is 38.6 Å². The Bertz CT molecular complexity index is 254. The van der Waals surface area contributed by atoms with Gasteiger partial charge in [-0.2, -0.15) is 12.6 Å². The second-order valence-electron chi connectivity index (χ2n) is 4.60. The number of hydrogen-bond acceptors (Lipinski definition) is 5. The third-order valence-corrected chi connectivity index (χ3v) is 3.89. The SMILES string of the molecule is S/C=C/CC/C=N\SCCOCCN1CCCCC1. The topological polar surface area (TPSA) is 24.8 Å². The van der Waals surface area contributed by atoms with Gasteiger partial charge in [-0.05, 0) is 56.1 Å². The van der Waals surface area contributed by atoms with E-state index in [0.717, 1.165) is 38.4 Å². The molecule has 0 N–H and O–H groups in total. The van der Waals surface area contributed by atoms with Crippen molar-refractivity contribution in [3.05, 3.63) is 11.5 Å². The second-order valence-corrected chi connectivity index (χ2v) is 5.77. The van der Waals surface area contributed by atoms with Crippen LogP contribution in [0.2, 0.25) is 0 Å². The molecule has 19 heavy (non-hydrogen) atoms. The molecule has 0 aliphatic carbocycles. The van der Waals surface area contributed by atoms with Gasteiger partial charge in [0.2, 0.25) is 0 Å². The van der Waals surface area contributed by atoms with Crippen LogP contribution in [0.25, 0.3) is 0 Å². The molecule has 0 saturated carbocycles. The smallest absolute Gasteiger partial charge is 0.0593 e. The van der Waals surface area contributed by atoms with Gasteiger partial charge in [0, 0.05) is 18.5 Å². The van der Waals surface area contributed by atoms with Crippen LogP contribution in [-0.2, 0) is 4.74 Å². The molecule has 0 bridgehead atoms. The third-order valence-electron chi connectivity index (χ3n) is 3.04. The fourth-order valence-corrected chi connectivity index (χ4v) is 2.64. The van der Waals surface area contributed by atoms with Gasteiger partial charge in [-0.25, -0.2) is 4.40 Å². The van der Waals surface area contributed by atoms with E-state index in [-0.39, 0.29) is 0 Å². The van der Waals surface area contributed by atoms with E-state index in [1.54, 1.807) is 17.4 Å². The monoisotopic (exact) mass is 302 g/mol. The molecule has 0 aromatic carbocycles. The average molecular weight is 303 g/mol. The summed E-state index contributed by atoms with van der Waals surface area (Å²) in [6.45, 7) is 5.25. The highest BCUT2D eigenvalue weighted by atomic mass is 32.2. The van der Waals surface area contributed by atoms with Gasteiger partial charge in [-0.15, -0.1) is 0 Å². The number of piperidine rings is 1. The van der Waals surface area contributed by atoms with E-state index in [2.05, 4.69) is 21.9 Å². The Morgan fingerprint density at radius 2 is 2.00 bits per heavy atom. The Hall–Kier alpha value is 0.0300. The zero-order chi connectivity index (χ0) is 13.6. The lowest BCUT2D eigenvalue weighted by atomic mass is 10.1. The number of thiol groups is 1. The number of likely N-dealkylation sites (tertiary alicyclic amines) is 1. The van der Waals surface area contributed by atoms with Gasteiger partial charge in [-0.3, -0.25) is 0 Å². The maximum absolute atomic E-state index is 5.62. The standard InChI is InChI=1S/C14H26N2OS2/c18-13-6-1-3-7-15-19-14-12-17-11-10-16-8-4-2-5-9-16/h6-7,13,18H,1-5,8-12,14H2/b13-6+,15-7-.